The van der Waals surface area contributed by atoms with E-state index in [-0.39, 0.29) is 12.0 Å². The minimum absolute atomic E-state index is 0.000590. The molecule has 2 unspecified atom stereocenters. The smallest absolute Gasteiger partial charge is 0.416 e. The number of amides is 1. The highest BCUT2D eigenvalue weighted by molar-refractivity contribution is 5.76. The molecule has 0 bridgehead atoms. The maximum absolute atomic E-state index is 13.0. The van der Waals surface area contributed by atoms with E-state index in [9.17, 15) is 27.9 Å². The monoisotopic (exact) mass is 403 g/mol. The third-order valence-corrected chi connectivity index (χ3v) is 4.18. The molecule has 1 fully saturated rings. The van der Waals surface area contributed by atoms with Gasteiger partial charge in [0, 0.05) is 13.0 Å². The zero-order valence-electron chi connectivity index (χ0n) is 16.0. The molecule has 2 atom stereocenters. The summed E-state index contributed by atoms with van der Waals surface area (Å²) in [6.07, 6.45) is -5.76. The Bertz CT molecular complexity index is 714. The Balaban J connectivity index is 2.25. The van der Waals surface area contributed by atoms with Crippen molar-refractivity contribution in [2.24, 2.45) is 0 Å². The largest absolute Gasteiger partial charge is 0.481 e. The van der Waals surface area contributed by atoms with Gasteiger partial charge in [-0.25, -0.2) is 4.79 Å². The third-order valence-electron chi connectivity index (χ3n) is 4.18. The second kappa shape index (κ2) is 8.38. The van der Waals surface area contributed by atoms with E-state index in [1.165, 1.54) is 17.0 Å². The van der Waals surface area contributed by atoms with Crippen molar-refractivity contribution in [3.05, 3.63) is 35.4 Å². The number of hydrogen-bond acceptors (Lipinski definition) is 4. The van der Waals surface area contributed by atoms with Crippen LogP contribution in [0.15, 0.2) is 24.3 Å². The van der Waals surface area contributed by atoms with E-state index >= 15 is 0 Å². The summed E-state index contributed by atoms with van der Waals surface area (Å²) in [5.41, 5.74) is -1.67. The molecular formula is C19H24F3NO5. The van der Waals surface area contributed by atoms with Crippen LogP contribution in [0.3, 0.4) is 0 Å². The molecule has 6 nitrogen and oxygen atoms in total. The quantitative estimate of drug-likeness (QED) is 0.814. The summed E-state index contributed by atoms with van der Waals surface area (Å²) in [6, 6.07) is 4.20. The van der Waals surface area contributed by atoms with Gasteiger partial charge in [-0.15, -0.1) is 0 Å². The van der Waals surface area contributed by atoms with Crippen LogP contribution in [-0.4, -0.2) is 47.0 Å². The molecule has 9 heteroatoms. The fraction of sp³-hybridized carbons (Fsp3) is 0.579. The van der Waals surface area contributed by atoms with E-state index in [1.807, 2.05) is 0 Å². The summed E-state index contributed by atoms with van der Waals surface area (Å²) in [5, 5.41) is 9.59. The number of carbonyl (C=O) groups excluding carboxylic acids is 1. The first-order chi connectivity index (χ1) is 12.9. The summed E-state index contributed by atoms with van der Waals surface area (Å²) in [4.78, 5) is 25.5. The van der Waals surface area contributed by atoms with Crippen molar-refractivity contribution in [1.29, 1.82) is 0 Å². The number of hydrogen-bond donors (Lipinski definition) is 1. The lowest BCUT2D eigenvalue weighted by Crippen LogP contribution is -2.49. The molecule has 0 spiro atoms. The van der Waals surface area contributed by atoms with Crippen LogP contribution in [0.2, 0.25) is 0 Å². The molecule has 0 aromatic heterocycles. The second-order valence-corrected chi connectivity index (χ2v) is 7.60. The molecule has 1 amide bonds. The van der Waals surface area contributed by atoms with Crippen LogP contribution >= 0.6 is 0 Å². The van der Waals surface area contributed by atoms with Gasteiger partial charge in [0.1, 0.15) is 11.8 Å². The molecule has 1 N–H and O–H groups in total. The van der Waals surface area contributed by atoms with Crippen LogP contribution < -0.4 is 0 Å². The predicted octanol–water partition coefficient (Wildman–Crippen LogP) is 4.25. The van der Waals surface area contributed by atoms with Crippen molar-refractivity contribution >= 4 is 12.1 Å². The SMILES string of the molecule is CC(C)(C)OC(=O)N1CCCOC1CC(C(=O)O)c1cccc(C(F)(F)F)c1. The van der Waals surface area contributed by atoms with Gasteiger partial charge in [0.25, 0.3) is 0 Å². The van der Waals surface area contributed by atoms with Crippen LogP contribution in [-0.2, 0) is 20.4 Å². The second-order valence-electron chi connectivity index (χ2n) is 7.60. The fourth-order valence-electron chi connectivity index (χ4n) is 2.93. The average molecular weight is 403 g/mol. The third kappa shape index (κ3) is 5.85. The van der Waals surface area contributed by atoms with Gasteiger partial charge in [0.05, 0.1) is 18.1 Å². The molecule has 1 aliphatic heterocycles. The lowest BCUT2D eigenvalue weighted by Gasteiger charge is -2.37. The summed E-state index contributed by atoms with van der Waals surface area (Å²) in [6.45, 7) is 5.74. The van der Waals surface area contributed by atoms with Crippen LogP contribution in [0.4, 0.5) is 18.0 Å². The molecule has 28 heavy (non-hydrogen) atoms. The van der Waals surface area contributed by atoms with E-state index in [0.29, 0.717) is 19.6 Å². The molecule has 0 radical (unpaired) electrons. The minimum atomic E-state index is -4.58. The number of alkyl halides is 3. The molecule has 1 aromatic rings. The zero-order chi connectivity index (χ0) is 21.1. The van der Waals surface area contributed by atoms with Crippen molar-refractivity contribution < 1.29 is 37.3 Å². The maximum atomic E-state index is 13.0. The first-order valence-electron chi connectivity index (χ1n) is 8.89. The molecule has 1 saturated heterocycles. The van der Waals surface area contributed by atoms with Gasteiger partial charge in [0.15, 0.2) is 0 Å². The number of nitrogens with zero attached hydrogens (tertiary/aromatic N) is 1. The van der Waals surface area contributed by atoms with E-state index in [1.54, 1.807) is 20.8 Å². The number of carboxylic acids is 1. The van der Waals surface area contributed by atoms with E-state index in [4.69, 9.17) is 9.47 Å². The summed E-state index contributed by atoms with van der Waals surface area (Å²) in [7, 11) is 0. The lowest BCUT2D eigenvalue weighted by molar-refractivity contribution is -0.144. The maximum Gasteiger partial charge on any atom is 0.416 e. The molecule has 0 aliphatic carbocycles. The number of aliphatic carboxylic acids is 1. The zero-order valence-corrected chi connectivity index (χ0v) is 16.0. The van der Waals surface area contributed by atoms with Gasteiger partial charge in [-0.3, -0.25) is 9.69 Å². The number of carbonyl (C=O) groups is 2. The topological polar surface area (TPSA) is 76.1 Å². The lowest BCUT2D eigenvalue weighted by atomic mass is 9.93. The van der Waals surface area contributed by atoms with Crippen molar-refractivity contribution in [3.63, 3.8) is 0 Å². The highest BCUT2D eigenvalue weighted by Gasteiger charge is 2.36. The summed E-state index contributed by atoms with van der Waals surface area (Å²) < 4.78 is 49.8. The Labute approximate surface area is 161 Å². The van der Waals surface area contributed by atoms with Crippen molar-refractivity contribution in [1.82, 2.24) is 4.90 Å². The average Bonchev–Trinajstić information content (AvgIpc) is 2.57. The molecule has 0 saturated carbocycles. The van der Waals surface area contributed by atoms with Gasteiger partial charge >= 0.3 is 18.2 Å². The van der Waals surface area contributed by atoms with Crippen molar-refractivity contribution in [3.8, 4) is 0 Å². The molecule has 156 valence electrons. The Hall–Kier alpha value is -2.29. The predicted molar refractivity (Wildman–Crippen MR) is 93.7 cm³/mol. The van der Waals surface area contributed by atoms with Gasteiger partial charge in [-0.1, -0.05) is 18.2 Å². The molecule has 1 aliphatic rings. The van der Waals surface area contributed by atoms with Crippen molar-refractivity contribution in [2.45, 2.75) is 57.5 Å². The van der Waals surface area contributed by atoms with Crippen molar-refractivity contribution in [2.75, 3.05) is 13.2 Å². The minimum Gasteiger partial charge on any atom is -0.481 e. The highest BCUT2D eigenvalue weighted by atomic mass is 19.4. The van der Waals surface area contributed by atoms with Gasteiger partial charge in [0.2, 0.25) is 0 Å². The Kier molecular flexibility index (Phi) is 6.59. The Morgan fingerprint density at radius 2 is 2.00 bits per heavy atom. The number of rotatable bonds is 4. The number of benzene rings is 1. The van der Waals surface area contributed by atoms with E-state index < -0.39 is 41.5 Å². The number of ether oxygens (including phenoxy) is 2. The Morgan fingerprint density at radius 1 is 1.32 bits per heavy atom. The fourth-order valence-corrected chi connectivity index (χ4v) is 2.93. The van der Waals surface area contributed by atoms with Crippen LogP contribution in [0.25, 0.3) is 0 Å². The van der Waals surface area contributed by atoms with Gasteiger partial charge in [-0.2, -0.15) is 13.2 Å². The van der Waals surface area contributed by atoms with Gasteiger partial charge in [-0.05, 0) is 38.8 Å². The standard InChI is InChI=1S/C19H24F3NO5/c1-18(2,3)28-17(26)23-8-5-9-27-15(23)11-14(16(24)25)12-6-4-7-13(10-12)19(20,21)22/h4,6-7,10,14-15H,5,8-9,11H2,1-3H3,(H,24,25). The molecule has 2 rings (SSSR count). The van der Waals surface area contributed by atoms with E-state index in [2.05, 4.69) is 0 Å². The molecule has 1 aromatic carbocycles. The van der Waals surface area contributed by atoms with Crippen LogP contribution in [0, 0.1) is 0 Å². The number of halogens is 3. The highest BCUT2D eigenvalue weighted by Crippen LogP contribution is 2.33. The summed E-state index contributed by atoms with van der Waals surface area (Å²) in [5.74, 6) is -2.56. The summed E-state index contributed by atoms with van der Waals surface area (Å²) >= 11 is 0. The molecule has 1 heterocycles. The van der Waals surface area contributed by atoms with Crippen LogP contribution in [0.5, 0.6) is 0 Å². The van der Waals surface area contributed by atoms with Crippen LogP contribution in [0.1, 0.15) is 50.7 Å². The van der Waals surface area contributed by atoms with E-state index in [0.717, 1.165) is 12.1 Å². The number of carboxylic acid groups (broad SMARTS) is 1. The van der Waals surface area contributed by atoms with Gasteiger partial charge < -0.3 is 14.6 Å². The molecular weight excluding hydrogens is 379 g/mol. The Morgan fingerprint density at radius 3 is 2.57 bits per heavy atom. The normalized spacial score (nSPS) is 19.2. The first kappa shape index (κ1) is 22.0. The first-order valence-corrected chi connectivity index (χ1v) is 8.89.